The second kappa shape index (κ2) is 3.72. The lowest BCUT2D eigenvalue weighted by atomic mass is 10.3. The molecular formula is C10H12ClN3O. The van der Waals surface area contributed by atoms with Gasteiger partial charge in [0.25, 0.3) is 0 Å². The summed E-state index contributed by atoms with van der Waals surface area (Å²) in [6, 6.07) is 5.34. The van der Waals surface area contributed by atoms with Crippen LogP contribution in [0.25, 0.3) is 11.0 Å². The molecule has 0 aliphatic heterocycles. The maximum Gasteiger partial charge on any atom is 0.326 e. The van der Waals surface area contributed by atoms with Gasteiger partial charge in [-0.05, 0) is 19.1 Å². The van der Waals surface area contributed by atoms with Gasteiger partial charge in [0, 0.05) is 12.6 Å². The number of rotatable bonds is 2. The number of benzene rings is 1. The van der Waals surface area contributed by atoms with E-state index in [1.807, 2.05) is 19.1 Å². The first-order valence-corrected chi connectivity index (χ1v) is 5.10. The second-order valence-electron chi connectivity index (χ2n) is 3.65. The fourth-order valence-corrected chi connectivity index (χ4v) is 1.83. The van der Waals surface area contributed by atoms with Crippen molar-refractivity contribution in [3.63, 3.8) is 0 Å². The molecule has 0 saturated carbocycles. The Balaban J connectivity index is 2.69. The number of nitrogens with two attached hydrogens (primary N) is 1. The molecule has 2 aromatic rings. The highest BCUT2D eigenvalue weighted by molar-refractivity contribution is 6.34. The molecule has 1 aromatic heterocycles. The van der Waals surface area contributed by atoms with Gasteiger partial charge in [-0.3, -0.25) is 4.57 Å². The Kier molecular flexibility index (Phi) is 2.54. The highest BCUT2D eigenvalue weighted by Gasteiger charge is 2.09. The zero-order valence-electron chi connectivity index (χ0n) is 8.33. The summed E-state index contributed by atoms with van der Waals surface area (Å²) in [5.74, 6) is 0. The number of hydrogen-bond donors (Lipinski definition) is 2. The quantitative estimate of drug-likeness (QED) is 0.810. The van der Waals surface area contributed by atoms with Gasteiger partial charge in [-0.1, -0.05) is 17.7 Å². The van der Waals surface area contributed by atoms with Crippen molar-refractivity contribution in [3.8, 4) is 0 Å². The van der Waals surface area contributed by atoms with Crippen molar-refractivity contribution in [2.45, 2.75) is 19.5 Å². The number of aromatic nitrogens is 2. The topological polar surface area (TPSA) is 63.8 Å². The third kappa shape index (κ3) is 1.78. The van der Waals surface area contributed by atoms with Crippen LogP contribution in [0, 0.1) is 0 Å². The molecule has 5 heteroatoms. The summed E-state index contributed by atoms with van der Waals surface area (Å²) < 4.78 is 1.60. The van der Waals surface area contributed by atoms with Gasteiger partial charge in [0.15, 0.2) is 0 Å². The molecule has 80 valence electrons. The van der Waals surface area contributed by atoms with E-state index in [0.29, 0.717) is 17.1 Å². The van der Waals surface area contributed by atoms with Gasteiger partial charge in [0.05, 0.1) is 16.1 Å². The van der Waals surface area contributed by atoms with E-state index in [4.69, 9.17) is 17.3 Å². The third-order valence-electron chi connectivity index (χ3n) is 2.23. The molecule has 0 bridgehead atoms. The fourth-order valence-electron chi connectivity index (χ4n) is 1.61. The third-order valence-corrected chi connectivity index (χ3v) is 2.55. The summed E-state index contributed by atoms with van der Waals surface area (Å²) in [7, 11) is 0. The van der Waals surface area contributed by atoms with Crippen molar-refractivity contribution in [2.75, 3.05) is 0 Å². The highest BCUT2D eigenvalue weighted by atomic mass is 35.5. The van der Waals surface area contributed by atoms with Crippen LogP contribution >= 0.6 is 11.6 Å². The molecule has 0 fully saturated rings. The van der Waals surface area contributed by atoms with Gasteiger partial charge in [-0.25, -0.2) is 4.79 Å². The summed E-state index contributed by atoms with van der Waals surface area (Å²) in [5.41, 5.74) is 6.97. The van der Waals surface area contributed by atoms with Crippen molar-refractivity contribution in [2.24, 2.45) is 5.73 Å². The van der Waals surface area contributed by atoms with Gasteiger partial charge >= 0.3 is 5.69 Å². The maximum absolute atomic E-state index is 11.6. The number of aromatic amines is 1. The molecule has 0 radical (unpaired) electrons. The predicted molar refractivity (Wildman–Crippen MR) is 61.2 cm³/mol. The van der Waals surface area contributed by atoms with Crippen molar-refractivity contribution < 1.29 is 0 Å². The molecular weight excluding hydrogens is 214 g/mol. The van der Waals surface area contributed by atoms with E-state index in [-0.39, 0.29) is 11.7 Å². The van der Waals surface area contributed by atoms with Gasteiger partial charge in [-0.15, -0.1) is 0 Å². The van der Waals surface area contributed by atoms with E-state index in [9.17, 15) is 4.79 Å². The van der Waals surface area contributed by atoms with Crippen LogP contribution in [0.3, 0.4) is 0 Å². The minimum atomic E-state index is -0.171. The van der Waals surface area contributed by atoms with Crippen LogP contribution in [-0.2, 0) is 6.54 Å². The van der Waals surface area contributed by atoms with Gasteiger partial charge < -0.3 is 10.7 Å². The molecule has 1 unspecified atom stereocenters. The Morgan fingerprint density at radius 3 is 3.00 bits per heavy atom. The van der Waals surface area contributed by atoms with Crippen molar-refractivity contribution >= 4 is 22.6 Å². The Labute approximate surface area is 91.7 Å². The first kappa shape index (κ1) is 10.3. The van der Waals surface area contributed by atoms with Crippen LogP contribution in [0.15, 0.2) is 23.0 Å². The fraction of sp³-hybridized carbons (Fsp3) is 0.300. The van der Waals surface area contributed by atoms with E-state index >= 15 is 0 Å². The molecule has 0 spiro atoms. The number of nitrogens with one attached hydrogen (secondary N) is 1. The molecule has 2 rings (SSSR count). The molecule has 0 aliphatic rings. The number of halogens is 1. The molecule has 1 aromatic carbocycles. The van der Waals surface area contributed by atoms with Gasteiger partial charge in [0.1, 0.15) is 0 Å². The molecule has 0 saturated heterocycles. The molecule has 15 heavy (non-hydrogen) atoms. The number of hydrogen-bond acceptors (Lipinski definition) is 2. The summed E-state index contributed by atoms with van der Waals surface area (Å²) in [6.45, 7) is 2.34. The normalized spacial score (nSPS) is 13.3. The van der Waals surface area contributed by atoms with Crippen molar-refractivity contribution in [1.29, 1.82) is 0 Å². The maximum atomic E-state index is 11.6. The zero-order valence-corrected chi connectivity index (χ0v) is 9.08. The standard InChI is InChI=1S/C10H12ClN3O/c1-6(12)5-14-8-4-2-3-7(11)9(8)13-10(14)15/h2-4,6H,5,12H2,1H3,(H,13,15). The second-order valence-corrected chi connectivity index (χ2v) is 4.06. The summed E-state index contributed by atoms with van der Waals surface area (Å²) in [4.78, 5) is 14.3. The average molecular weight is 226 g/mol. The van der Waals surface area contributed by atoms with Crippen LogP contribution in [0.4, 0.5) is 0 Å². The van der Waals surface area contributed by atoms with E-state index in [1.54, 1.807) is 10.6 Å². The Morgan fingerprint density at radius 2 is 2.33 bits per heavy atom. The van der Waals surface area contributed by atoms with Crippen LogP contribution in [0.5, 0.6) is 0 Å². The SMILES string of the molecule is CC(N)Cn1c(=O)[nH]c2c(Cl)cccc21. The highest BCUT2D eigenvalue weighted by Crippen LogP contribution is 2.19. The van der Waals surface area contributed by atoms with E-state index in [1.165, 1.54) is 0 Å². The van der Waals surface area contributed by atoms with Crippen LogP contribution in [-0.4, -0.2) is 15.6 Å². The Morgan fingerprint density at radius 1 is 1.60 bits per heavy atom. The smallest absolute Gasteiger partial charge is 0.326 e. The Hall–Kier alpha value is -1.26. The molecule has 1 atom stereocenters. The van der Waals surface area contributed by atoms with E-state index < -0.39 is 0 Å². The van der Waals surface area contributed by atoms with E-state index in [0.717, 1.165) is 5.52 Å². The molecule has 3 N–H and O–H groups in total. The van der Waals surface area contributed by atoms with Crippen molar-refractivity contribution in [1.82, 2.24) is 9.55 Å². The minimum absolute atomic E-state index is 0.0688. The monoisotopic (exact) mass is 225 g/mol. The number of para-hydroxylation sites is 1. The van der Waals surface area contributed by atoms with Crippen molar-refractivity contribution in [3.05, 3.63) is 33.7 Å². The van der Waals surface area contributed by atoms with E-state index in [2.05, 4.69) is 4.98 Å². The van der Waals surface area contributed by atoms with Crippen LogP contribution in [0.1, 0.15) is 6.92 Å². The molecule has 0 amide bonds. The predicted octanol–water partition coefficient (Wildman–Crippen LogP) is 1.33. The zero-order chi connectivity index (χ0) is 11.0. The number of nitrogens with zero attached hydrogens (tertiary/aromatic N) is 1. The molecule has 4 nitrogen and oxygen atoms in total. The van der Waals surface area contributed by atoms with Gasteiger partial charge in [0.2, 0.25) is 0 Å². The summed E-state index contributed by atoms with van der Waals surface area (Å²) >= 11 is 5.96. The summed E-state index contributed by atoms with van der Waals surface area (Å²) in [5, 5.41) is 0.549. The molecule has 1 heterocycles. The number of H-pyrrole nitrogens is 1. The number of imidazole rings is 1. The lowest BCUT2D eigenvalue weighted by Gasteiger charge is -2.06. The number of fused-ring (bicyclic) bond motifs is 1. The Bertz CT molecular complexity index is 541. The van der Waals surface area contributed by atoms with Crippen LogP contribution in [0.2, 0.25) is 5.02 Å². The minimum Gasteiger partial charge on any atom is -0.326 e. The summed E-state index contributed by atoms with van der Waals surface area (Å²) in [6.07, 6.45) is 0. The van der Waals surface area contributed by atoms with Crippen LogP contribution < -0.4 is 11.4 Å². The average Bonchev–Trinajstić information content (AvgIpc) is 2.45. The van der Waals surface area contributed by atoms with Gasteiger partial charge in [-0.2, -0.15) is 0 Å². The molecule has 0 aliphatic carbocycles. The lowest BCUT2D eigenvalue weighted by molar-refractivity contribution is 0.588. The first-order chi connectivity index (χ1) is 7.09. The lowest BCUT2D eigenvalue weighted by Crippen LogP contribution is -2.28. The first-order valence-electron chi connectivity index (χ1n) is 4.72. The largest absolute Gasteiger partial charge is 0.326 e.